The fraction of sp³-hybridized carbons (Fsp3) is 0.391. The zero-order chi connectivity index (χ0) is 24.3. The molecule has 0 saturated carbocycles. The Morgan fingerprint density at radius 1 is 1.29 bits per heavy atom. The normalized spacial score (nSPS) is 23.2. The molecule has 1 unspecified atom stereocenters. The maximum atomic E-state index is 13.7. The summed E-state index contributed by atoms with van der Waals surface area (Å²) < 4.78 is 29.3. The third-order valence-corrected chi connectivity index (χ3v) is 6.68. The number of esters is 2. The van der Waals surface area contributed by atoms with E-state index in [9.17, 15) is 14.0 Å². The summed E-state index contributed by atoms with van der Waals surface area (Å²) in [6.45, 7) is 3.04. The van der Waals surface area contributed by atoms with Gasteiger partial charge < -0.3 is 19.5 Å². The first-order chi connectivity index (χ1) is 16.4. The molecule has 1 N–H and O–H groups in total. The van der Waals surface area contributed by atoms with Crippen LogP contribution in [0.25, 0.3) is 0 Å². The molecule has 180 valence electrons. The van der Waals surface area contributed by atoms with Crippen molar-refractivity contribution in [1.82, 2.24) is 15.2 Å². The molecule has 2 aliphatic heterocycles. The van der Waals surface area contributed by atoms with Crippen LogP contribution < -0.4 is 5.32 Å². The topological polar surface area (TPSA) is 102 Å². The second kappa shape index (κ2) is 10.00. The van der Waals surface area contributed by atoms with E-state index in [1.807, 2.05) is 10.3 Å². The molecule has 11 heteroatoms. The number of hydrogen-bond acceptors (Lipinski definition) is 10. The van der Waals surface area contributed by atoms with E-state index in [1.165, 1.54) is 37.7 Å². The highest BCUT2D eigenvalue weighted by Crippen LogP contribution is 2.39. The zero-order valence-corrected chi connectivity index (χ0v) is 19.9. The average molecular weight is 489 g/mol. The molecule has 1 saturated heterocycles. The van der Waals surface area contributed by atoms with E-state index >= 15 is 0 Å². The Kier molecular flexibility index (Phi) is 7.05. The van der Waals surface area contributed by atoms with Crippen molar-refractivity contribution in [1.29, 1.82) is 0 Å². The number of morpholine rings is 1. The molecule has 1 aromatic carbocycles. The fourth-order valence-electron chi connectivity index (χ4n) is 4.16. The summed E-state index contributed by atoms with van der Waals surface area (Å²) in [5.74, 6) is -0.944. The van der Waals surface area contributed by atoms with Gasteiger partial charge in [-0.2, -0.15) is 0 Å². The molecular formula is C23H25FN4O5S. The number of carbonyl (C=O) groups excluding carboxylic acids is 2. The largest absolute Gasteiger partial charge is 0.468 e. The van der Waals surface area contributed by atoms with Gasteiger partial charge in [-0.05, 0) is 24.6 Å². The molecule has 9 nitrogen and oxygen atoms in total. The van der Waals surface area contributed by atoms with Gasteiger partial charge >= 0.3 is 11.9 Å². The van der Waals surface area contributed by atoms with Crippen LogP contribution in [0.3, 0.4) is 0 Å². The van der Waals surface area contributed by atoms with Crippen LogP contribution in [0.1, 0.15) is 17.5 Å². The SMILES string of the molecule is COC(=O)C1=C(CN2CCOC[C@H]2C(=O)OC)NC(c2nccs2)=NC1(C)c1ccc(F)cc1. The van der Waals surface area contributed by atoms with Crippen LogP contribution in [0.4, 0.5) is 4.39 Å². The van der Waals surface area contributed by atoms with Crippen LogP contribution in [-0.2, 0) is 29.3 Å². The Bertz CT molecular complexity index is 1120. The average Bonchev–Trinajstić information content (AvgIpc) is 3.39. The van der Waals surface area contributed by atoms with Gasteiger partial charge in [-0.15, -0.1) is 11.3 Å². The second-order valence-electron chi connectivity index (χ2n) is 7.93. The summed E-state index contributed by atoms with van der Waals surface area (Å²) in [7, 11) is 2.62. The number of aliphatic imine (C=N–C) groups is 1. The van der Waals surface area contributed by atoms with Gasteiger partial charge in [-0.1, -0.05) is 12.1 Å². The molecule has 0 spiro atoms. The number of halogens is 1. The van der Waals surface area contributed by atoms with Gasteiger partial charge in [0.1, 0.15) is 17.4 Å². The highest BCUT2D eigenvalue weighted by atomic mass is 32.1. The van der Waals surface area contributed by atoms with Crippen LogP contribution in [0.2, 0.25) is 0 Å². The highest BCUT2D eigenvalue weighted by Gasteiger charge is 2.43. The lowest BCUT2D eigenvalue weighted by atomic mass is 9.82. The number of rotatable bonds is 6. The quantitative estimate of drug-likeness (QED) is 0.615. The minimum Gasteiger partial charge on any atom is -0.468 e. The van der Waals surface area contributed by atoms with E-state index in [0.717, 1.165) is 0 Å². The number of thiazole rings is 1. The number of nitrogens with zero attached hydrogens (tertiary/aromatic N) is 3. The maximum absolute atomic E-state index is 13.7. The summed E-state index contributed by atoms with van der Waals surface area (Å²) in [5.41, 5.74) is 0.177. The van der Waals surface area contributed by atoms with Gasteiger partial charge in [0, 0.05) is 30.4 Å². The number of methoxy groups -OCH3 is 2. The summed E-state index contributed by atoms with van der Waals surface area (Å²) in [6, 6.07) is 5.20. The van der Waals surface area contributed by atoms with Crippen molar-refractivity contribution >= 4 is 29.1 Å². The molecule has 0 radical (unpaired) electrons. The van der Waals surface area contributed by atoms with Gasteiger partial charge in [-0.25, -0.2) is 19.2 Å². The van der Waals surface area contributed by atoms with Crippen molar-refractivity contribution in [3.05, 3.63) is 63.5 Å². The van der Waals surface area contributed by atoms with Crippen LogP contribution in [0, 0.1) is 5.82 Å². The van der Waals surface area contributed by atoms with E-state index in [1.54, 1.807) is 25.3 Å². The van der Waals surface area contributed by atoms with E-state index in [2.05, 4.69) is 10.3 Å². The van der Waals surface area contributed by atoms with Crippen LogP contribution in [0.15, 0.2) is 52.1 Å². The van der Waals surface area contributed by atoms with E-state index in [4.69, 9.17) is 19.2 Å². The van der Waals surface area contributed by atoms with Gasteiger partial charge in [0.25, 0.3) is 0 Å². The Morgan fingerprint density at radius 2 is 2.06 bits per heavy atom. The minimum absolute atomic E-state index is 0.177. The number of hydrogen-bond donors (Lipinski definition) is 1. The molecule has 2 atom stereocenters. The molecule has 0 amide bonds. The van der Waals surface area contributed by atoms with Gasteiger partial charge in [0.05, 0.1) is 33.0 Å². The van der Waals surface area contributed by atoms with Crippen LogP contribution in [0.5, 0.6) is 0 Å². The lowest BCUT2D eigenvalue weighted by Crippen LogP contribution is -2.53. The highest BCUT2D eigenvalue weighted by molar-refractivity contribution is 7.11. The Morgan fingerprint density at radius 3 is 2.71 bits per heavy atom. The first kappa shape index (κ1) is 24.0. The summed E-state index contributed by atoms with van der Waals surface area (Å²) >= 11 is 1.39. The Hall–Kier alpha value is -3.15. The van der Waals surface area contributed by atoms with E-state index in [-0.39, 0.29) is 18.7 Å². The van der Waals surface area contributed by atoms with Gasteiger partial charge in [0.15, 0.2) is 10.8 Å². The molecule has 3 heterocycles. The number of aromatic nitrogens is 1. The third kappa shape index (κ3) is 4.59. The van der Waals surface area contributed by atoms with Crippen molar-refractivity contribution in [3.8, 4) is 0 Å². The molecule has 34 heavy (non-hydrogen) atoms. The first-order valence-corrected chi connectivity index (χ1v) is 11.5. The molecule has 2 aliphatic rings. The van der Waals surface area contributed by atoms with Crippen LogP contribution in [-0.4, -0.2) is 74.2 Å². The number of ether oxygens (including phenoxy) is 3. The second-order valence-corrected chi connectivity index (χ2v) is 8.83. The first-order valence-electron chi connectivity index (χ1n) is 10.6. The fourth-order valence-corrected chi connectivity index (χ4v) is 4.74. The Labute approximate surface area is 200 Å². The van der Waals surface area contributed by atoms with E-state index < -0.39 is 29.3 Å². The molecule has 2 aromatic rings. The standard InChI is InChI=1S/C23H25FN4O5S/c1-23(14-4-6-15(24)7-5-14)18(22(30)32-3)16(26-19(27-23)20-25-8-11-34-20)12-28-9-10-33-13-17(28)21(29)31-2/h4-8,11,17H,9-10,12-13H2,1-3H3,(H,26,27)/t17-,23?/m0/s1. The summed E-state index contributed by atoms with van der Waals surface area (Å²) in [5, 5.41) is 5.70. The van der Waals surface area contributed by atoms with Crippen molar-refractivity contribution in [2.75, 3.05) is 40.5 Å². The minimum atomic E-state index is -1.20. The third-order valence-electron chi connectivity index (χ3n) is 5.90. The Balaban J connectivity index is 1.84. The van der Waals surface area contributed by atoms with Gasteiger partial charge in [-0.3, -0.25) is 9.69 Å². The molecule has 0 bridgehead atoms. The van der Waals surface area contributed by atoms with Crippen LogP contribution >= 0.6 is 11.3 Å². The molecule has 1 aromatic heterocycles. The predicted molar refractivity (Wildman–Crippen MR) is 123 cm³/mol. The smallest absolute Gasteiger partial charge is 0.338 e. The zero-order valence-electron chi connectivity index (χ0n) is 19.0. The predicted octanol–water partition coefficient (Wildman–Crippen LogP) is 1.85. The van der Waals surface area contributed by atoms with Crippen molar-refractivity contribution in [2.45, 2.75) is 18.5 Å². The van der Waals surface area contributed by atoms with Crippen molar-refractivity contribution < 1.29 is 28.2 Å². The molecule has 1 fully saturated rings. The molecule has 4 rings (SSSR count). The van der Waals surface area contributed by atoms with Crippen molar-refractivity contribution in [2.24, 2.45) is 4.99 Å². The molecular weight excluding hydrogens is 463 g/mol. The maximum Gasteiger partial charge on any atom is 0.338 e. The number of nitrogens with one attached hydrogen (secondary N) is 1. The number of amidine groups is 1. The number of carbonyl (C=O) groups is 2. The summed E-state index contributed by atoms with van der Waals surface area (Å²) in [6.07, 6.45) is 1.66. The van der Waals surface area contributed by atoms with Gasteiger partial charge in [0.2, 0.25) is 0 Å². The lowest BCUT2D eigenvalue weighted by Gasteiger charge is -2.38. The van der Waals surface area contributed by atoms with E-state index in [0.29, 0.717) is 35.3 Å². The number of benzene rings is 1. The lowest BCUT2D eigenvalue weighted by molar-refractivity contribution is -0.152. The van der Waals surface area contributed by atoms with Crippen molar-refractivity contribution in [3.63, 3.8) is 0 Å². The molecule has 0 aliphatic carbocycles. The monoisotopic (exact) mass is 488 g/mol. The summed E-state index contributed by atoms with van der Waals surface area (Å²) in [4.78, 5) is 36.6.